The van der Waals surface area contributed by atoms with E-state index < -0.39 is 5.60 Å². The van der Waals surface area contributed by atoms with Gasteiger partial charge < -0.3 is 5.11 Å². The van der Waals surface area contributed by atoms with E-state index in [2.05, 4.69) is 20.8 Å². The maximum absolute atomic E-state index is 10.2. The standard InChI is InChI=1S/C14H28O/c1-11(14(4,5)15)13(2,3)12-9-7-6-8-10-12/h11-12,15H,6-10H2,1-5H3. The fourth-order valence-electron chi connectivity index (χ4n) is 3.11. The van der Waals surface area contributed by atoms with Gasteiger partial charge in [0.25, 0.3) is 0 Å². The maximum atomic E-state index is 10.2. The molecule has 1 unspecified atom stereocenters. The van der Waals surface area contributed by atoms with E-state index in [9.17, 15) is 5.11 Å². The number of rotatable bonds is 3. The predicted octanol–water partition coefficient (Wildman–Crippen LogP) is 4.00. The molecule has 0 aromatic rings. The maximum Gasteiger partial charge on any atom is 0.0622 e. The van der Waals surface area contributed by atoms with Crippen LogP contribution in [0.3, 0.4) is 0 Å². The first-order valence-electron chi connectivity index (χ1n) is 6.48. The highest BCUT2D eigenvalue weighted by Crippen LogP contribution is 2.46. The molecule has 1 aliphatic rings. The zero-order chi connectivity index (χ0) is 11.7. The van der Waals surface area contributed by atoms with Crippen molar-refractivity contribution < 1.29 is 5.11 Å². The molecule has 0 aliphatic heterocycles. The molecule has 0 aromatic carbocycles. The fourth-order valence-corrected chi connectivity index (χ4v) is 3.11. The Morgan fingerprint density at radius 1 is 1.00 bits per heavy atom. The summed E-state index contributed by atoms with van der Waals surface area (Å²) in [6.07, 6.45) is 6.88. The lowest BCUT2D eigenvalue weighted by molar-refractivity contribution is -0.0573. The summed E-state index contributed by atoms with van der Waals surface area (Å²) in [5.74, 6) is 1.15. The van der Waals surface area contributed by atoms with Crippen LogP contribution >= 0.6 is 0 Å². The van der Waals surface area contributed by atoms with Crippen LogP contribution in [0.5, 0.6) is 0 Å². The predicted molar refractivity (Wildman–Crippen MR) is 65.8 cm³/mol. The molecule has 1 nitrogen and oxygen atoms in total. The smallest absolute Gasteiger partial charge is 0.0622 e. The van der Waals surface area contributed by atoms with Crippen LogP contribution in [0.15, 0.2) is 0 Å². The Morgan fingerprint density at radius 2 is 1.47 bits per heavy atom. The minimum Gasteiger partial charge on any atom is -0.390 e. The van der Waals surface area contributed by atoms with Gasteiger partial charge >= 0.3 is 0 Å². The largest absolute Gasteiger partial charge is 0.390 e. The molecule has 1 N–H and O–H groups in total. The van der Waals surface area contributed by atoms with E-state index in [0.29, 0.717) is 5.92 Å². The molecule has 1 fully saturated rings. The first-order chi connectivity index (χ1) is 6.76. The SMILES string of the molecule is CC(C(C)(C)O)C(C)(C)C1CCCCC1. The Balaban J connectivity index is 2.71. The van der Waals surface area contributed by atoms with E-state index in [-0.39, 0.29) is 5.41 Å². The van der Waals surface area contributed by atoms with Crippen molar-refractivity contribution >= 4 is 0 Å². The number of hydrogen-bond donors (Lipinski definition) is 1. The van der Waals surface area contributed by atoms with E-state index in [1.807, 2.05) is 13.8 Å². The van der Waals surface area contributed by atoms with Crippen LogP contribution in [0.4, 0.5) is 0 Å². The summed E-state index contributed by atoms with van der Waals surface area (Å²) in [4.78, 5) is 0. The van der Waals surface area contributed by atoms with Gasteiger partial charge in [-0.1, -0.05) is 40.0 Å². The lowest BCUT2D eigenvalue weighted by atomic mass is 9.61. The first-order valence-corrected chi connectivity index (χ1v) is 6.48. The van der Waals surface area contributed by atoms with Crippen LogP contribution < -0.4 is 0 Å². The molecule has 1 heteroatoms. The molecule has 0 amide bonds. The van der Waals surface area contributed by atoms with Crippen LogP contribution in [0, 0.1) is 17.3 Å². The summed E-state index contributed by atoms with van der Waals surface area (Å²) in [6, 6.07) is 0. The third-order valence-electron chi connectivity index (χ3n) is 4.83. The molecule has 1 atom stereocenters. The van der Waals surface area contributed by atoms with Gasteiger partial charge in [-0.3, -0.25) is 0 Å². The van der Waals surface area contributed by atoms with Crippen molar-refractivity contribution in [3.63, 3.8) is 0 Å². The van der Waals surface area contributed by atoms with Gasteiger partial charge in [-0.2, -0.15) is 0 Å². The highest BCUT2D eigenvalue weighted by atomic mass is 16.3. The summed E-state index contributed by atoms with van der Waals surface area (Å²) in [5.41, 5.74) is -0.292. The Bertz CT molecular complexity index is 194. The van der Waals surface area contributed by atoms with Crippen LogP contribution in [-0.2, 0) is 0 Å². The molecule has 0 radical (unpaired) electrons. The van der Waals surface area contributed by atoms with Crippen LogP contribution in [0.1, 0.15) is 66.7 Å². The van der Waals surface area contributed by atoms with E-state index >= 15 is 0 Å². The van der Waals surface area contributed by atoms with Gasteiger partial charge in [0.2, 0.25) is 0 Å². The molecule has 0 aromatic heterocycles. The molecule has 0 saturated heterocycles. The van der Waals surface area contributed by atoms with E-state index in [4.69, 9.17) is 0 Å². The Kier molecular flexibility index (Phi) is 3.86. The Hall–Kier alpha value is -0.0400. The number of hydrogen-bond acceptors (Lipinski definition) is 1. The summed E-state index contributed by atoms with van der Waals surface area (Å²) in [5, 5.41) is 10.2. The van der Waals surface area contributed by atoms with Gasteiger partial charge in [-0.15, -0.1) is 0 Å². The molecule has 0 heterocycles. The van der Waals surface area contributed by atoms with Gasteiger partial charge in [0.1, 0.15) is 0 Å². The van der Waals surface area contributed by atoms with Gasteiger partial charge in [-0.05, 0) is 43.9 Å². The molecule has 1 aliphatic carbocycles. The molecule has 0 bridgehead atoms. The van der Waals surface area contributed by atoms with E-state index in [1.165, 1.54) is 32.1 Å². The monoisotopic (exact) mass is 212 g/mol. The fraction of sp³-hybridized carbons (Fsp3) is 1.00. The number of aliphatic hydroxyl groups is 1. The van der Waals surface area contributed by atoms with Crippen molar-refractivity contribution in [3.05, 3.63) is 0 Å². The van der Waals surface area contributed by atoms with Crippen molar-refractivity contribution in [2.24, 2.45) is 17.3 Å². The van der Waals surface area contributed by atoms with Gasteiger partial charge in [0.15, 0.2) is 0 Å². The van der Waals surface area contributed by atoms with Crippen molar-refractivity contribution in [2.45, 2.75) is 72.3 Å². The second-order valence-electron chi connectivity index (χ2n) is 6.53. The van der Waals surface area contributed by atoms with Crippen LogP contribution in [0.25, 0.3) is 0 Å². The highest BCUT2D eigenvalue weighted by Gasteiger charge is 2.41. The third kappa shape index (κ3) is 2.96. The molecule has 15 heavy (non-hydrogen) atoms. The molecule has 1 saturated carbocycles. The zero-order valence-corrected chi connectivity index (χ0v) is 11.1. The minimum absolute atomic E-state index is 0.263. The van der Waals surface area contributed by atoms with E-state index in [0.717, 1.165) is 5.92 Å². The lowest BCUT2D eigenvalue weighted by Gasteiger charge is -2.46. The normalized spacial score (nSPS) is 22.8. The molecule has 0 spiro atoms. The van der Waals surface area contributed by atoms with Crippen LogP contribution in [0.2, 0.25) is 0 Å². The Morgan fingerprint density at radius 3 is 1.87 bits per heavy atom. The summed E-state index contributed by atoms with van der Waals surface area (Å²) in [7, 11) is 0. The van der Waals surface area contributed by atoms with Crippen molar-refractivity contribution in [1.82, 2.24) is 0 Å². The average Bonchev–Trinajstić information content (AvgIpc) is 2.16. The molecular weight excluding hydrogens is 184 g/mol. The van der Waals surface area contributed by atoms with Gasteiger partial charge in [0.05, 0.1) is 5.60 Å². The first kappa shape index (κ1) is 13.0. The zero-order valence-electron chi connectivity index (χ0n) is 11.1. The van der Waals surface area contributed by atoms with E-state index in [1.54, 1.807) is 0 Å². The minimum atomic E-state index is -0.555. The average molecular weight is 212 g/mol. The third-order valence-corrected chi connectivity index (χ3v) is 4.83. The van der Waals surface area contributed by atoms with Gasteiger partial charge in [0, 0.05) is 0 Å². The quantitative estimate of drug-likeness (QED) is 0.749. The van der Waals surface area contributed by atoms with Crippen molar-refractivity contribution in [2.75, 3.05) is 0 Å². The topological polar surface area (TPSA) is 20.2 Å². The second-order valence-corrected chi connectivity index (χ2v) is 6.53. The van der Waals surface area contributed by atoms with Crippen molar-refractivity contribution in [1.29, 1.82) is 0 Å². The Labute approximate surface area is 95.3 Å². The molecule has 90 valence electrons. The summed E-state index contributed by atoms with van der Waals surface area (Å²) in [6.45, 7) is 10.8. The summed E-state index contributed by atoms with van der Waals surface area (Å²) < 4.78 is 0. The van der Waals surface area contributed by atoms with Crippen LogP contribution in [-0.4, -0.2) is 10.7 Å². The second kappa shape index (κ2) is 4.45. The van der Waals surface area contributed by atoms with Gasteiger partial charge in [-0.25, -0.2) is 0 Å². The summed E-state index contributed by atoms with van der Waals surface area (Å²) >= 11 is 0. The van der Waals surface area contributed by atoms with Crippen molar-refractivity contribution in [3.8, 4) is 0 Å². The molecular formula is C14H28O. The lowest BCUT2D eigenvalue weighted by Crippen LogP contribution is -2.43. The molecule has 1 rings (SSSR count). The highest BCUT2D eigenvalue weighted by molar-refractivity contribution is 4.91.